The van der Waals surface area contributed by atoms with E-state index in [-0.39, 0.29) is 6.61 Å². The Morgan fingerprint density at radius 1 is 1.15 bits per heavy atom. The Kier molecular flexibility index (Phi) is 8.33. The molecule has 4 rings (SSSR count). The average molecular weight is 458 g/mol. The number of morpholine rings is 1. The molecule has 3 heterocycles. The molecule has 2 aromatic rings. The van der Waals surface area contributed by atoms with Gasteiger partial charge in [-0.15, -0.1) is 0 Å². The van der Waals surface area contributed by atoms with E-state index in [0.29, 0.717) is 31.5 Å². The maximum absolute atomic E-state index is 9.96. The number of benzene rings is 1. The largest absolute Gasteiger partial charge is 0.491 e. The Morgan fingerprint density at radius 2 is 1.91 bits per heavy atom. The van der Waals surface area contributed by atoms with Crippen LogP contribution in [0, 0.1) is 0 Å². The smallest absolute Gasteiger partial charge is 0.228 e. The standard InChI is InChI=1S/C24H35N5O4/c1-25-16-20(30)17-33-21-5-3-4-18(14-21)22-15-23(28(2)19-6-10-31-11-7-19)27-24(26-22)29-8-12-32-13-9-29/h3-5,14-15,19-20,25,30H,6-13,16-17H2,1-2H3. The van der Waals surface area contributed by atoms with Crippen molar-refractivity contribution in [1.82, 2.24) is 15.3 Å². The van der Waals surface area contributed by atoms with Crippen LogP contribution in [0.15, 0.2) is 30.3 Å². The number of nitrogens with zero attached hydrogens (tertiary/aromatic N) is 4. The fourth-order valence-electron chi connectivity index (χ4n) is 4.15. The van der Waals surface area contributed by atoms with Crippen LogP contribution in [0.2, 0.25) is 0 Å². The van der Waals surface area contributed by atoms with E-state index in [1.807, 2.05) is 30.3 Å². The van der Waals surface area contributed by atoms with Gasteiger partial charge in [0.15, 0.2) is 0 Å². The monoisotopic (exact) mass is 457 g/mol. The van der Waals surface area contributed by atoms with Crippen molar-refractivity contribution in [3.05, 3.63) is 30.3 Å². The van der Waals surface area contributed by atoms with Crippen molar-refractivity contribution >= 4 is 11.8 Å². The predicted molar refractivity (Wildman–Crippen MR) is 128 cm³/mol. The van der Waals surface area contributed by atoms with Crippen molar-refractivity contribution in [1.29, 1.82) is 0 Å². The third-order valence-corrected chi connectivity index (χ3v) is 6.11. The van der Waals surface area contributed by atoms with Crippen LogP contribution >= 0.6 is 0 Å². The molecule has 1 aromatic heterocycles. The summed E-state index contributed by atoms with van der Waals surface area (Å²) in [4.78, 5) is 14.3. The number of rotatable bonds is 9. The number of hydrogen-bond donors (Lipinski definition) is 2. The van der Waals surface area contributed by atoms with Crippen LogP contribution < -0.4 is 19.9 Å². The van der Waals surface area contributed by atoms with Gasteiger partial charge in [0.1, 0.15) is 24.3 Å². The minimum atomic E-state index is -0.564. The lowest BCUT2D eigenvalue weighted by molar-refractivity contribution is 0.0853. The number of anilines is 2. The van der Waals surface area contributed by atoms with Crippen LogP contribution in [0.5, 0.6) is 5.75 Å². The van der Waals surface area contributed by atoms with E-state index in [9.17, 15) is 5.11 Å². The number of aliphatic hydroxyl groups excluding tert-OH is 1. The molecular formula is C24H35N5O4. The van der Waals surface area contributed by atoms with E-state index >= 15 is 0 Å². The van der Waals surface area contributed by atoms with Crippen molar-refractivity contribution in [2.45, 2.75) is 25.0 Å². The molecule has 0 aliphatic carbocycles. The zero-order chi connectivity index (χ0) is 23.0. The van der Waals surface area contributed by atoms with Crippen molar-refractivity contribution in [2.24, 2.45) is 0 Å². The number of aliphatic hydroxyl groups is 1. The topological polar surface area (TPSA) is 92.2 Å². The lowest BCUT2D eigenvalue weighted by Crippen LogP contribution is -2.39. The molecule has 2 fully saturated rings. The molecule has 2 saturated heterocycles. The van der Waals surface area contributed by atoms with Gasteiger partial charge in [0, 0.05) is 57.6 Å². The predicted octanol–water partition coefficient (Wildman–Crippen LogP) is 1.55. The van der Waals surface area contributed by atoms with Crippen molar-refractivity contribution in [3.8, 4) is 17.0 Å². The minimum absolute atomic E-state index is 0.227. The highest BCUT2D eigenvalue weighted by atomic mass is 16.5. The summed E-state index contributed by atoms with van der Waals surface area (Å²) >= 11 is 0. The van der Waals surface area contributed by atoms with E-state index in [4.69, 9.17) is 24.2 Å². The summed E-state index contributed by atoms with van der Waals surface area (Å²) in [5, 5.41) is 12.9. The average Bonchev–Trinajstić information content (AvgIpc) is 2.88. The zero-order valence-corrected chi connectivity index (χ0v) is 19.6. The number of ether oxygens (including phenoxy) is 3. The van der Waals surface area contributed by atoms with Gasteiger partial charge in [-0.3, -0.25) is 0 Å². The highest BCUT2D eigenvalue weighted by molar-refractivity contribution is 5.66. The minimum Gasteiger partial charge on any atom is -0.491 e. The molecule has 0 amide bonds. The van der Waals surface area contributed by atoms with Gasteiger partial charge in [-0.1, -0.05) is 12.1 Å². The molecule has 1 atom stereocenters. The summed E-state index contributed by atoms with van der Waals surface area (Å²) in [5.74, 6) is 2.33. The third kappa shape index (κ3) is 6.32. The van der Waals surface area contributed by atoms with E-state index < -0.39 is 6.10 Å². The molecule has 1 unspecified atom stereocenters. The summed E-state index contributed by atoms with van der Waals surface area (Å²) in [7, 11) is 3.91. The normalized spacial score (nSPS) is 18.2. The van der Waals surface area contributed by atoms with E-state index in [0.717, 1.165) is 62.2 Å². The molecule has 0 spiro atoms. The van der Waals surface area contributed by atoms with Gasteiger partial charge < -0.3 is 34.4 Å². The second kappa shape index (κ2) is 11.6. The Morgan fingerprint density at radius 3 is 2.67 bits per heavy atom. The molecule has 0 bridgehead atoms. The highest BCUT2D eigenvalue weighted by Gasteiger charge is 2.23. The van der Waals surface area contributed by atoms with E-state index in [2.05, 4.69) is 22.2 Å². The van der Waals surface area contributed by atoms with Gasteiger partial charge in [0.25, 0.3) is 0 Å². The molecule has 2 aliphatic rings. The second-order valence-corrected chi connectivity index (χ2v) is 8.52. The fraction of sp³-hybridized carbons (Fsp3) is 0.583. The summed E-state index contributed by atoms with van der Waals surface area (Å²) in [5.41, 5.74) is 1.80. The van der Waals surface area contributed by atoms with Crippen molar-refractivity contribution < 1.29 is 19.3 Å². The van der Waals surface area contributed by atoms with Gasteiger partial charge in [0.2, 0.25) is 5.95 Å². The van der Waals surface area contributed by atoms with Crippen LogP contribution in [0.25, 0.3) is 11.3 Å². The molecule has 2 aliphatic heterocycles. The van der Waals surface area contributed by atoms with Gasteiger partial charge in [-0.25, -0.2) is 4.98 Å². The molecule has 1 aromatic carbocycles. The first kappa shape index (κ1) is 23.7. The number of nitrogens with one attached hydrogen (secondary N) is 1. The second-order valence-electron chi connectivity index (χ2n) is 8.52. The number of aromatic nitrogens is 2. The van der Waals surface area contributed by atoms with Gasteiger partial charge in [-0.2, -0.15) is 4.98 Å². The first-order valence-corrected chi connectivity index (χ1v) is 11.7. The Bertz CT molecular complexity index is 887. The molecule has 2 N–H and O–H groups in total. The van der Waals surface area contributed by atoms with Gasteiger partial charge >= 0.3 is 0 Å². The molecule has 0 saturated carbocycles. The Balaban J connectivity index is 1.61. The van der Waals surface area contributed by atoms with Crippen LogP contribution in [0.4, 0.5) is 11.8 Å². The molecular weight excluding hydrogens is 422 g/mol. The van der Waals surface area contributed by atoms with Crippen molar-refractivity contribution in [2.75, 3.05) is 76.6 Å². The molecule has 33 heavy (non-hydrogen) atoms. The van der Waals surface area contributed by atoms with Gasteiger partial charge in [-0.05, 0) is 32.0 Å². The summed E-state index contributed by atoms with van der Waals surface area (Å²) in [6.07, 6.45) is 1.41. The quantitative estimate of drug-likeness (QED) is 0.582. The van der Waals surface area contributed by atoms with E-state index in [1.54, 1.807) is 7.05 Å². The van der Waals surface area contributed by atoms with Crippen LogP contribution in [0.1, 0.15) is 12.8 Å². The summed E-state index contributed by atoms with van der Waals surface area (Å²) in [6, 6.07) is 10.3. The Labute approximate surface area is 195 Å². The first-order chi connectivity index (χ1) is 16.1. The maximum atomic E-state index is 9.96. The van der Waals surface area contributed by atoms with Crippen LogP contribution in [-0.4, -0.2) is 94.0 Å². The molecule has 9 nitrogen and oxygen atoms in total. The van der Waals surface area contributed by atoms with Crippen molar-refractivity contribution in [3.63, 3.8) is 0 Å². The summed E-state index contributed by atoms with van der Waals surface area (Å²) < 4.78 is 16.9. The lowest BCUT2D eigenvalue weighted by Gasteiger charge is -2.33. The number of likely N-dealkylation sites (N-methyl/N-ethyl adjacent to an activating group) is 1. The zero-order valence-electron chi connectivity index (χ0n) is 19.6. The van der Waals surface area contributed by atoms with E-state index in [1.165, 1.54) is 0 Å². The molecule has 9 heteroatoms. The maximum Gasteiger partial charge on any atom is 0.228 e. The molecule has 0 radical (unpaired) electrons. The van der Waals surface area contributed by atoms with Crippen LogP contribution in [0.3, 0.4) is 0 Å². The third-order valence-electron chi connectivity index (χ3n) is 6.11. The fourth-order valence-corrected chi connectivity index (χ4v) is 4.15. The summed E-state index contributed by atoms with van der Waals surface area (Å²) in [6.45, 7) is 5.17. The SMILES string of the molecule is CNCC(O)COc1cccc(-c2cc(N(C)C3CCOCC3)nc(N3CCOCC3)n2)c1. The first-order valence-electron chi connectivity index (χ1n) is 11.7. The highest BCUT2D eigenvalue weighted by Crippen LogP contribution is 2.29. The van der Waals surface area contributed by atoms with Crippen LogP contribution in [-0.2, 0) is 9.47 Å². The Hall–Kier alpha value is -2.46. The lowest BCUT2D eigenvalue weighted by atomic mass is 10.1. The molecule has 180 valence electrons. The number of hydrogen-bond acceptors (Lipinski definition) is 9. The van der Waals surface area contributed by atoms with Gasteiger partial charge in [0.05, 0.1) is 18.9 Å².